The summed E-state index contributed by atoms with van der Waals surface area (Å²) >= 11 is 6.24. The third-order valence-electron chi connectivity index (χ3n) is 4.53. The van der Waals surface area contributed by atoms with Crippen LogP contribution in [-0.4, -0.2) is 19.0 Å². The zero-order chi connectivity index (χ0) is 19.6. The van der Waals surface area contributed by atoms with Crippen LogP contribution in [0.4, 0.5) is 5.69 Å². The van der Waals surface area contributed by atoms with Crippen molar-refractivity contribution in [1.29, 1.82) is 0 Å². The lowest BCUT2D eigenvalue weighted by molar-refractivity contribution is -0.139. The second-order valence-electron chi connectivity index (χ2n) is 6.41. The molecule has 4 nitrogen and oxygen atoms in total. The van der Waals surface area contributed by atoms with Crippen LogP contribution in [0.1, 0.15) is 18.1 Å². The van der Waals surface area contributed by atoms with Crippen LogP contribution in [0.5, 0.6) is 0 Å². The molecule has 3 aromatic carbocycles. The van der Waals surface area contributed by atoms with Gasteiger partial charge in [-0.3, -0.25) is 9.59 Å². The molecule has 0 atom stereocenters. The maximum Gasteiger partial charge on any atom is 0.309 e. The summed E-state index contributed by atoms with van der Waals surface area (Å²) in [5, 5.41) is 5.44. The normalized spacial score (nSPS) is 10.7. The number of benzene rings is 3. The van der Waals surface area contributed by atoms with E-state index in [0.717, 1.165) is 38.7 Å². The molecule has 138 valence electrons. The summed E-state index contributed by atoms with van der Waals surface area (Å²) < 4.78 is 4.84. The van der Waals surface area contributed by atoms with E-state index in [-0.39, 0.29) is 18.3 Å². The summed E-state index contributed by atoms with van der Waals surface area (Å²) in [6.07, 6.45) is 0.206. The number of carbonyl (C=O) groups excluding carboxylic acids is 2. The standard InChI is InChI=1S/C22H20ClNO3/c1-13-17(11-21(26)27-3)10-16-4-7-18(23)12-20(16)22(13)15-5-8-19(9-6-15)24-14(2)25/h4-10,12H,11H2,1-3H3,(H,24,25). The molecule has 1 amide bonds. The molecule has 1 N–H and O–H groups in total. The van der Waals surface area contributed by atoms with Crippen LogP contribution in [0.15, 0.2) is 48.5 Å². The van der Waals surface area contributed by atoms with Crippen LogP contribution in [0, 0.1) is 6.92 Å². The zero-order valence-electron chi connectivity index (χ0n) is 15.4. The molecule has 0 bridgehead atoms. The second kappa shape index (κ2) is 7.80. The molecule has 3 aromatic rings. The van der Waals surface area contributed by atoms with Crippen molar-refractivity contribution in [1.82, 2.24) is 0 Å². The fourth-order valence-corrected chi connectivity index (χ4v) is 3.41. The average Bonchev–Trinajstić information content (AvgIpc) is 2.63. The highest BCUT2D eigenvalue weighted by Crippen LogP contribution is 2.36. The van der Waals surface area contributed by atoms with E-state index in [1.54, 1.807) is 0 Å². The Bertz CT molecular complexity index is 1030. The lowest BCUT2D eigenvalue weighted by atomic mass is 9.89. The summed E-state index contributed by atoms with van der Waals surface area (Å²) in [5.74, 6) is -0.394. The SMILES string of the molecule is COC(=O)Cc1cc2ccc(Cl)cc2c(-c2ccc(NC(C)=O)cc2)c1C. The van der Waals surface area contributed by atoms with Crippen molar-refractivity contribution in [3.05, 3.63) is 64.7 Å². The molecule has 0 aliphatic rings. The molecule has 5 heteroatoms. The number of ether oxygens (including phenoxy) is 1. The lowest BCUT2D eigenvalue weighted by Gasteiger charge is -2.16. The van der Waals surface area contributed by atoms with E-state index in [0.29, 0.717) is 5.02 Å². The van der Waals surface area contributed by atoms with Crippen molar-refractivity contribution < 1.29 is 14.3 Å². The van der Waals surface area contributed by atoms with Gasteiger partial charge in [-0.05, 0) is 64.2 Å². The first-order chi connectivity index (χ1) is 12.9. The molecular weight excluding hydrogens is 362 g/mol. The Kier molecular flexibility index (Phi) is 5.47. The highest BCUT2D eigenvalue weighted by molar-refractivity contribution is 6.31. The third-order valence-corrected chi connectivity index (χ3v) is 4.76. The summed E-state index contributed by atoms with van der Waals surface area (Å²) in [5.41, 5.74) is 4.65. The van der Waals surface area contributed by atoms with Crippen LogP contribution < -0.4 is 5.32 Å². The highest BCUT2D eigenvalue weighted by atomic mass is 35.5. The van der Waals surface area contributed by atoms with Crippen molar-refractivity contribution in [2.45, 2.75) is 20.3 Å². The Morgan fingerprint density at radius 2 is 1.78 bits per heavy atom. The van der Waals surface area contributed by atoms with E-state index in [1.165, 1.54) is 14.0 Å². The van der Waals surface area contributed by atoms with Crippen LogP contribution in [0.2, 0.25) is 5.02 Å². The van der Waals surface area contributed by atoms with E-state index in [2.05, 4.69) is 5.32 Å². The van der Waals surface area contributed by atoms with Crippen molar-refractivity contribution >= 4 is 39.9 Å². The molecule has 0 saturated heterocycles. The van der Waals surface area contributed by atoms with Crippen LogP contribution >= 0.6 is 11.6 Å². The quantitative estimate of drug-likeness (QED) is 0.636. The van der Waals surface area contributed by atoms with E-state index >= 15 is 0 Å². The highest BCUT2D eigenvalue weighted by Gasteiger charge is 2.15. The Labute approximate surface area is 163 Å². The first kappa shape index (κ1) is 18.9. The van der Waals surface area contributed by atoms with Crippen LogP contribution in [0.3, 0.4) is 0 Å². The molecule has 27 heavy (non-hydrogen) atoms. The number of carbonyl (C=O) groups is 2. The Morgan fingerprint density at radius 1 is 1.07 bits per heavy atom. The molecular formula is C22H20ClNO3. The number of rotatable bonds is 4. The molecule has 3 rings (SSSR count). The van der Waals surface area contributed by atoms with Crippen LogP contribution in [0.25, 0.3) is 21.9 Å². The number of hydrogen-bond acceptors (Lipinski definition) is 3. The fraction of sp³-hybridized carbons (Fsp3) is 0.182. The van der Waals surface area contributed by atoms with Gasteiger partial charge in [0.25, 0.3) is 0 Å². The van der Waals surface area contributed by atoms with Crippen molar-refractivity contribution in [3.8, 4) is 11.1 Å². The maximum atomic E-state index is 11.8. The van der Waals surface area contributed by atoms with Gasteiger partial charge in [-0.2, -0.15) is 0 Å². The van der Waals surface area contributed by atoms with Gasteiger partial charge in [0.2, 0.25) is 5.91 Å². The molecule has 0 fully saturated rings. The van der Waals surface area contributed by atoms with Crippen molar-refractivity contribution in [2.75, 3.05) is 12.4 Å². The Balaban J connectivity index is 2.19. The molecule has 0 radical (unpaired) electrons. The number of anilines is 1. The monoisotopic (exact) mass is 381 g/mol. The van der Waals surface area contributed by atoms with Gasteiger partial charge in [-0.1, -0.05) is 35.9 Å². The number of esters is 1. The number of amides is 1. The Hall–Kier alpha value is -2.85. The van der Waals surface area contributed by atoms with Gasteiger partial charge in [-0.25, -0.2) is 0 Å². The molecule has 0 aliphatic heterocycles. The van der Waals surface area contributed by atoms with E-state index < -0.39 is 0 Å². The van der Waals surface area contributed by atoms with Gasteiger partial charge in [0.15, 0.2) is 0 Å². The molecule has 0 heterocycles. The minimum absolute atomic E-state index is 0.115. The van der Waals surface area contributed by atoms with E-state index in [4.69, 9.17) is 16.3 Å². The Morgan fingerprint density at radius 3 is 2.41 bits per heavy atom. The molecule has 0 unspecified atom stereocenters. The number of nitrogens with one attached hydrogen (secondary N) is 1. The summed E-state index contributed by atoms with van der Waals surface area (Å²) in [6, 6.07) is 15.4. The number of hydrogen-bond donors (Lipinski definition) is 1. The minimum atomic E-state index is -0.279. The predicted octanol–water partition coefficient (Wildman–Crippen LogP) is 5.14. The first-order valence-electron chi connectivity index (χ1n) is 8.55. The third kappa shape index (κ3) is 4.12. The molecule has 0 aliphatic carbocycles. The van der Waals surface area contributed by atoms with Gasteiger partial charge in [-0.15, -0.1) is 0 Å². The predicted molar refractivity (Wildman–Crippen MR) is 109 cm³/mol. The minimum Gasteiger partial charge on any atom is -0.469 e. The fourth-order valence-electron chi connectivity index (χ4n) is 3.24. The molecule has 0 aromatic heterocycles. The average molecular weight is 382 g/mol. The number of fused-ring (bicyclic) bond motifs is 1. The number of methoxy groups -OCH3 is 1. The van der Waals surface area contributed by atoms with Crippen LogP contribution in [-0.2, 0) is 20.7 Å². The largest absolute Gasteiger partial charge is 0.469 e. The summed E-state index contributed by atoms with van der Waals surface area (Å²) in [4.78, 5) is 23.1. The van der Waals surface area contributed by atoms with E-state index in [1.807, 2.05) is 55.5 Å². The van der Waals surface area contributed by atoms with Gasteiger partial charge in [0.05, 0.1) is 13.5 Å². The smallest absolute Gasteiger partial charge is 0.309 e. The van der Waals surface area contributed by atoms with Gasteiger partial charge >= 0.3 is 5.97 Å². The van der Waals surface area contributed by atoms with E-state index in [9.17, 15) is 9.59 Å². The van der Waals surface area contributed by atoms with Gasteiger partial charge < -0.3 is 10.1 Å². The number of halogens is 1. The second-order valence-corrected chi connectivity index (χ2v) is 6.85. The molecule has 0 spiro atoms. The molecule has 0 saturated carbocycles. The summed E-state index contributed by atoms with van der Waals surface area (Å²) in [7, 11) is 1.39. The summed E-state index contributed by atoms with van der Waals surface area (Å²) in [6.45, 7) is 3.47. The zero-order valence-corrected chi connectivity index (χ0v) is 16.2. The van der Waals surface area contributed by atoms with Crippen molar-refractivity contribution in [2.24, 2.45) is 0 Å². The maximum absolute atomic E-state index is 11.8. The lowest BCUT2D eigenvalue weighted by Crippen LogP contribution is -2.07. The first-order valence-corrected chi connectivity index (χ1v) is 8.93. The van der Waals surface area contributed by atoms with Gasteiger partial charge in [0, 0.05) is 17.6 Å². The topological polar surface area (TPSA) is 55.4 Å². The van der Waals surface area contributed by atoms with Gasteiger partial charge in [0.1, 0.15) is 0 Å². The van der Waals surface area contributed by atoms with Crippen molar-refractivity contribution in [3.63, 3.8) is 0 Å².